The van der Waals surface area contributed by atoms with E-state index in [2.05, 4.69) is 4.83 Å². The van der Waals surface area contributed by atoms with Crippen LogP contribution in [0.1, 0.15) is 0 Å². The number of rotatable bonds is 4. The van der Waals surface area contributed by atoms with E-state index in [-0.39, 0.29) is 4.90 Å². The molecule has 1 heterocycles. The molecule has 5 nitrogen and oxygen atoms in total. The zero-order chi connectivity index (χ0) is 14.7. The van der Waals surface area contributed by atoms with Gasteiger partial charge in [-0.05, 0) is 30.3 Å². The quantitative estimate of drug-likeness (QED) is 0.940. The highest BCUT2D eigenvalue weighted by Crippen LogP contribution is 2.20. The smallest absolute Gasteiger partial charge is 0.254 e. The van der Waals surface area contributed by atoms with E-state index in [1.165, 1.54) is 0 Å². The molecule has 0 atom stereocenters. The lowest BCUT2D eigenvalue weighted by molar-refractivity contribution is 0.284. The van der Waals surface area contributed by atoms with Gasteiger partial charge in [0.1, 0.15) is 0 Å². The van der Waals surface area contributed by atoms with Gasteiger partial charge in [0.25, 0.3) is 10.0 Å². The second kappa shape index (κ2) is 5.69. The first-order valence-electron chi connectivity index (χ1n) is 6.53. The molecule has 0 saturated heterocycles. The number of benzene rings is 2. The topological polar surface area (TPSA) is 52.7 Å². The molecule has 21 heavy (non-hydrogen) atoms. The molecule has 0 saturated carbocycles. The van der Waals surface area contributed by atoms with Crippen molar-refractivity contribution in [2.45, 2.75) is 4.90 Å². The van der Waals surface area contributed by atoms with Gasteiger partial charge >= 0.3 is 0 Å². The number of sulfonamides is 1. The van der Waals surface area contributed by atoms with Gasteiger partial charge in [0.2, 0.25) is 0 Å². The lowest BCUT2D eigenvalue weighted by atomic mass is 10.3. The Kier molecular flexibility index (Phi) is 3.74. The molecule has 1 aliphatic heterocycles. The molecular formula is C15H15N3O2S. The van der Waals surface area contributed by atoms with Crippen molar-refractivity contribution in [3.8, 4) is 0 Å². The van der Waals surface area contributed by atoms with Crippen LogP contribution in [0.3, 0.4) is 0 Å². The number of nitrogens with one attached hydrogen (secondary N) is 1. The van der Waals surface area contributed by atoms with Crippen molar-refractivity contribution >= 4 is 15.7 Å². The van der Waals surface area contributed by atoms with Crippen molar-refractivity contribution in [1.29, 1.82) is 0 Å². The van der Waals surface area contributed by atoms with Crippen LogP contribution in [0, 0.1) is 0 Å². The molecule has 0 radical (unpaired) electrons. The Morgan fingerprint density at radius 1 is 0.905 bits per heavy atom. The Morgan fingerprint density at radius 2 is 1.52 bits per heavy atom. The predicted molar refractivity (Wildman–Crippen MR) is 81.5 cm³/mol. The Morgan fingerprint density at radius 3 is 2.19 bits per heavy atom. The molecule has 0 unspecified atom stereocenters. The minimum Gasteiger partial charge on any atom is -0.267 e. The fraction of sp³-hybridized carbons (Fsp3) is 0.0667. The van der Waals surface area contributed by atoms with Gasteiger partial charge in [-0.1, -0.05) is 36.4 Å². The Hall–Kier alpha value is -2.15. The summed E-state index contributed by atoms with van der Waals surface area (Å²) in [6, 6.07) is 17.9. The highest BCUT2D eigenvalue weighted by atomic mass is 32.2. The maximum absolute atomic E-state index is 12.4. The summed E-state index contributed by atoms with van der Waals surface area (Å²) in [6.07, 6.45) is 3.73. The third kappa shape index (κ3) is 2.97. The number of anilines is 1. The summed E-state index contributed by atoms with van der Waals surface area (Å²) in [6.45, 7) is 0.473. The molecule has 2 aromatic rings. The van der Waals surface area contributed by atoms with Crippen molar-refractivity contribution in [2.24, 2.45) is 0 Å². The summed E-state index contributed by atoms with van der Waals surface area (Å²) in [5.41, 5.74) is 0.891. The van der Waals surface area contributed by atoms with Crippen molar-refractivity contribution in [3.63, 3.8) is 0 Å². The van der Waals surface area contributed by atoms with E-state index in [0.29, 0.717) is 6.54 Å². The molecule has 0 bridgehead atoms. The second-order valence-electron chi connectivity index (χ2n) is 4.55. The van der Waals surface area contributed by atoms with Crippen LogP contribution in [0.2, 0.25) is 0 Å². The maximum Gasteiger partial charge on any atom is 0.254 e. The van der Waals surface area contributed by atoms with Crippen molar-refractivity contribution < 1.29 is 8.42 Å². The molecule has 0 amide bonds. The summed E-state index contributed by atoms with van der Waals surface area (Å²) in [4.78, 5) is 2.83. The number of hydrazine groups is 2. The normalized spacial score (nSPS) is 15.5. The third-order valence-electron chi connectivity index (χ3n) is 3.08. The largest absolute Gasteiger partial charge is 0.267 e. The molecule has 0 spiro atoms. The van der Waals surface area contributed by atoms with Crippen LogP contribution in [0.15, 0.2) is 77.8 Å². The van der Waals surface area contributed by atoms with Crippen LogP contribution < -0.4 is 9.84 Å². The van der Waals surface area contributed by atoms with Crippen LogP contribution in [-0.4, -0.2) is 20.1 Å². The first kappa shape index (κ1) is 13.8. The fourth-order valence-corrected chi connectivity index (χ4v) is 3.15. The zero-order valence-corrected chi connectivity index (χ0v) is 12.1. The monoisotopic (exact) mass is 301 g/mol. The number of para-hydroxylation sites is 1. The molecule has 0 aliphatic carbocycles. The van der Waals surface area contributed by atoms with Crippen LogP contribution in [0.25, 0.3) is 0 Å². The van der Waals surface area contributed by atoms with Gasteiger partial charge < -0.3 is 0 Å². The van der Waals surface area contributed by atoms with E-state index in [9.17, 15) is 8.42 Å². The summed E-state index contributed by atoms with van der Waals surface area (Å²) in [5.74, 6) is 0. The Labute approximate surface area is 124 Å². The summed E-state index contributed by atoms with van der Waals surface area (Å²) in [5, 5.41) is 3.32. The summed E-state index contributed by atoms with van der Waals surface area (Å²) < 4.78 is 24.7. The lowest BCUT2D eigenvalue weighted by Gasteiger charge is -2.28. The van der Waals surface area contributed by atoms with Crippen LogP contribution >= 0.6 is 0 Å². The molecular weight excluding hydrogens is 286 g/mol. The SMILES string of the molecule is O=S(=O)(NN1CC=CN1c1ccccc1)c1ccccc1. The van der Waals surface area contributed by atoms with E-state index in [1.807, 2.05) is 42.6 Å². The van der Waals surface area contributed by atoms with Gasteiger partial charge in [-0.3, -0.25) is 5.01 Å². The Balaban J connectivity index is 1.82. The van der Waals surface area contributed by atoms with Crippen LogP contribution in [0.5, 0.6) is 0 Å². The lowest BCUT2D eigenvalue weighted by Crippen LogP contribution is -2.48. The highest BCUT2D eigenvalue weighted by molar-refractivity contribution is 7.89. The van der Waals surface area contributed by atoms with Gasteiger partial charge in [-0.2, -0.15) is 0 Å². The molecule has 0 fully saturated rings. The molecule has 1 N–H and O–H groups in total. The summed E-state index contributed by atoms with van der Waals surface area (Å²) >= 11 is 0. The highest BCUT2D eigenvalue weighted by Gasteiger charge is 2.24. The van der Waals surface area contributed by atoms with Gasteiger partial charge in [-0.25, -0.2) is 8.42 Å². The molecule has 1 aliphatic rings. The van der Waals surface area contributed by atoms with Crippen LogP contribution in [0.4, 0.5) is 5.69 Å². The van der Waals surface area contributed by atoms with E-state index in [4.69, 9.17) is 0 Å². The van der Waals surface area contributed by atoms with Gasteiger partial charge in [0.15, 0.2) is 0 Å². The summed E-state index contributed by atoms with van der Waals surface area (Å²) in [7, 11) is -3.59. The van der Waals surface area contributed by atoms with E-state index >= 15 is 0 Å². The zero-order valence-electron chi connectivity index (χ0n) is 11.3. The van der Waals surface area contributed by atoms with E-state index < -0.39 is 10.0 Å². The first-order valence-corrected chi connectivity index (χ1v) is 8.01. The minimum atomic E-state index is -3.59. The number of hydrogen-bond donors (Lipinski definition) is 1. The molecule has 108 valence electrons. The van der Waals surface area contributed by atoms with E-state index in [1.54, 1.807) is 40.5 Å². The molecule has 0 aromatic heterocycles. The maximum atomic E-state index is 12.4. The fourth-order valence-electron chi connectivity index (χ4n) is 2.09. The second-order valence-corrected chi connectivity index (χ2v) is 6.22. The number of hydrogen-bond acceptors (Lipinski definition) is 4. The minimum absolute atomic E-state index is 0.241. The standard InChI is InChI=1S/C15H15N3O2S/c19-21(20,15-10-5-2-6-11-15)16-18-13-7-12-17(18)14-8-3-1-4-9-14/h1-12,16H,13H2. The van der Waals surface area contributed by atoms with Gasteiger partial charge in [0, 0.05) is 6.20 Å². The van der Waals surface area contributed by atoms with Crippen molar-refractivity contribution in [1.82, 2.24) is 9.95 Å². The Bertz CT molecular complexity index is 730. The first-order chi connectivity index (χ1) is 10.2. The predicted octanol–water partition coefficient (Wildman–Crippen LogP) is 2.13. The average Bonchev–Trinajstić information content (AvgIpc) is 2.96. The molecule has 2 aromatic carbocycles. The van der Waals surface area contributed by atoms with Crippen molar-refractivity contribution in [3.05, 3.63) is 72.9 Å². The van der Waals surface area contributed by atoms with Crippen LogP contribution in [-0.2, 0) is 10.0 Å². The van der Waals surface area contributed by atoms with E-state index in [0.717, 1.165) is 5.69 Å². The third-order valence-corrected chi connectivity index (χ3v) is 4.43. The molecule has 3 rings (SSSR count). The van der Waals surface area contributed by atoms with Crippen molar-refractivity contribution in [2.75, 3.05) is 11.6 Å². The van der Waals surface area contributed by atoms with Gasteiger partial charge in [0.05, 0.1) is 17.1 Å². The van der Waals surface area contributed by atoms with Gasteiger partial charge in [-0.15, -0.1) is 9.95 Å². The average molecular weight is 301 g/mol. The number of nitrogens with zero attached hydrogens (tertiary/aromatic N) is 2. The molecule has 6 heteroatoms.